The highest BCUT2D eigenvalue weighted by molar-refractivity contribution is 5.79. The largest absolute Gasteiger partial charge is 0.493 e. The van der Waals surface area contributed by atoms with Crippen LogP contribution in [0.15, 0.2) is 17.1 Å². The van der Waals surface area contributed by atoms with Crippen LogP contribution in [0.1, 0.15) is 32.3 Å². The number of guanidine groups is 1. The molecule has 0 radical (unpaired) electrons. The molecule has 0 aliphatic carbocycles. The van der Waals surface area contributed by atoms with Gasteiger partial charge in [0.1, 0.15) is 0 Å². The average Bonchev–Trinajstić information content (AvgIpc) is 2.63. The lowest BCUT2D eigenvalue weighted by Gasteiger charge is -2.18. The van der Waals surface area contributed by atoms with E-state index >= 15 is 0 Å². The van der Waals surface area contributed by atoms with Crippen molar-refractivity contribution < 1.29 is 14.2 Å². The monoisotopic (exact) mass is 337 g/mol. The molecular formula is C18H31N3O3. The van der Waals surface area contributed by atoms with Crippen molar-refractivity contribution in [2.24, 2.45) is 10.9 Å². The second-order valence-electron chi connectivity index (χ2n) is 5.52. The molecule has 0 spiro atoms. The van der Waals surface area contributed by atoms with Gasteiger partial charge in [-0.3, -0.25) is 4.99 Å². The molecule has 2 N–H and O–H groups in total. The molecule has 24 heavy (non-hydrogen) atoms. The molecule has 0 heterocycles. The van der Waals surface area contributed by atoms with E-state index in [2.05, 4.69) is 29.5 Å². The van der Waals surface area contributed by atoms with Crippen molar-refractivity contribution in [3.63, 3.8) is 0 Å². The Bertz CT molecular complexity index is 503. The Kier molecular flexibility index (Phi) is 8.83. The summed E-state index contributed by atoms with van der Waals surface area (Å²) in [6, 6.07) is 3.87. The van der Waals surface area contributed by atoms with Gasteiger partial charge < -0.3 is 24.8 Å². The van der Waals surface area contributed by atoms with Crippen molar-refractivity contribution in [1.29, 1.82) is 0 Å². The molecule has 1 aromatic rings. The molecule has 0 aromatic heterocycles. The van der Waals surface area contributed by atoms with Crippen molar-refractivity contribution in [2.75, 3.05) is 34.9 Å². The van der Waals surface area contributed by atoms with Crippen LogP contribution in [0.25, 0.3) is 0 Å². The second-order valence-corrected chi connectivity index (χ2v) is 5.52. The number of rotatable bonds is 9. The molecule has 1 aromatic carbocycles. The highest BCUT2D eigenvalue weighted by Gasteiger charge is 2.13. The minimum absolute atomic E-state index is 0.597. The van der Waals surface area contributed by atoms with Crippen LogP contribution in [0, 0.1) is 5.92 Å². The fourth-order valence-corrected chi connectivity index (χ4v) is 2.46. The lowest BCUT2D eigenvalue weighted by molar-refractivity contribution is 0.323. The third-order valence-electron chi connectivity index (χ3n) is 4.12. The number of hydrogen-bond donors (Lipinski definition) is 2. The van der Waals surface area contributed by atoms with E-state index in [-0.39, 0.29) is 0 Å². The first kappa shape index (κ1) is 19.9. The molecule has 0 saturated carbocycles. The van der Waals surface area contributed by atoms with Crippen LogP contribution in [0.5, 0.6) is 17.2 Å². The predicted octanol–water partition coefficient (Wildman–Crippen LogP) is 2.81. The molecule has 6 heteroatoms. The number of ether oxygens (including phenoxy) is 3. The maximum absolute atomic E-state index is 5.38. The molecule has 1 rings (SSSR count). The zero-order valence-electron chi connectivity index (χ0n) is 15.7. The summed E-state index contributed by atoms with van der Waals surface area (Å²) in [5.41, 5.74) is 1.02. The Hall–Kier alpha value is -2.11. The maximum atomic E-state index is 5.38. The minimum atomic E-state index is 0.597. The lowest BCUT2D eigenvalue weighted by atomic mass is 10.0. The highest BCUT2D eigenvalue weighted by atomic mass is 16.5. The number of nitrogens with zero attached hydrogens (tertiary/aromatic N) is 1. The third-order valence-corrected chi connectivity index (χ3v) is 4.12. The van der Waals surface area contributed by atoms with E-state index in [0.29, 0.717) is 29.7 Å². The van der Waals surface area contributed by atoms with E-state index in [4.69, 9.17) is 14.2 Å². The fraction of sp³-hybridized carbons (Fsp3) is 0.611. The molecule has 0 aliphatic rings. The predicted molar refractivity (Wildman–Crippen MR) is 98.4 cm³/mol. The number of methoxy groups -OCH3 is 3. The first-order valence-corrected chi connectivity index (χ1v) is 8.36. The summed E-state index contributed by atoms with van der Waals surface area (Å²) in [5, 5.41) is 6.69. The first-order chi connectivity index (χ1) is 11.6. The van der Waals surface area contributed by atoms with Crippen molar-refractivity contribution >= 4 is 5.96 Å². The summed E-state index contributed by atoms with van der Waals surface area (Å²) in [5.74, 6) is 3.34. The van der Waals surface area contributed by atoms with E-state index in [1.165, 1.54) is 0 Å². The minimum Gasteiger partial charge on any atom is -0.493 e. The van der Waals surface area contributed by atoms with Gasteiger partial charge in [0.15, 0.2) is 17.5 Å². The van der Waals surface area contributed by atoms with Gasteiger partial charge in [0.05, 0.1) is 21.3 Å². The van der Waals surface area contributed by atoms with Gasteiger partial charge in [0.25, 0.3) is 0 Å². The molecule has 0 atom stereocenters. The Labute approximate surface area is 145 Å². The lowest BCUT2D eigenvalue weighted by Crippen LogP contribution is -2.39. The van der Waals surface area contributed by atoms with Crippen LogP contribution >= 0.6 is 0 Å². The Morgan fingerprint density at radius 1 is 1.00 bits per heavy atom. The number of benzene rings is 1. The van der Waals surface area contributed by atoms with E-state index < -0.39 is 0 Å². The van der Waals surface area contributed by atoms with Gasteiger partial charge in [0.2, 0.25) is 5.75 Å². The zero-order valence-corrected chi connectivity index (χ0v) is 15.7. The van der Waals surface area contributed by atoms with E-state index in [1.807, 2.05) is 12.1 Å². The topological polar surface area (TPSA) is 64.1 Å². The number of aliphatic imine (C=N–C) groups is 1. The molecule has 0 bridgehead atoms. The fourth-order valence-electron chi connectivity index (χ4n) is 2.46. The van der Waals surface area contributed by atoms with Gasteiger partial charge in [-0.15, -0.1) is 0 Å². The Balaban J connectivity index is 2.74. The summed E-state index contributed by atoms with van der Waals surface area (Å²) in [6.45, 7) is 5.95. The van der Waals surface area contributed by atoms with Crippen LogP contribution in [0.4, 0.5) is 0 Å². The van der Waals surface area contributed by atoms with Gasteiger partial charge in [-0.05, 0) is 23.6 Å². The molecule has 0 aliphatic heterocycles. The SMILES string of the molecule is CCC(CC)CNC(=NC)NCc1cc(OC)c(OC)c(OC)c1. The van der Waals surface area contributed by atoms with Gasteiger partial charge in [-0.2, -0.15) is 0 Å². The Morgan fingerprint density at radius 3 is 2.00 bits per heavy atom. The van der Waals surface area contributed by atoms with Gasteiger partial charge >= 0.3 is 0 Å². The second kappa shape index (κ2) is 10.6. The smallest absolute Gasteiger partial charge is 0.203 e. The summed E-state index contributed by atoms with van der Waals surface area (Å²) < 4.78 is 16.1. The van der Waals surface area contributed by atoms with Crippen LogP contribution in [0.3, 0.4) is 0 Å². The highest BCUT2D eigenvalue weighted by Crippen LogP contribution is 2.38. The van der Waals surface area contributed by atoms with Gasteiger partial charge in [0, 0.05) is 20.1 Å². The van der Waals surface area contributed by atoms with E-state index in [1.54, 1.807) is 28.4 Å². The summed E-state index contributed by atoms with van der Waals surface area (Å²) in [4.78, 5) is 4.27. The van der Waals surface area contributed by atoms with Crippen LogP contribution < -0.4 is 24.8 Å². The first-order valence-electron chi connectivity index (χ1n) is 8.36. The quantitative estimate of drug-likeness (QED) is 0.536. The summed E-state index contributed by atoms with van der Waals surface area (Å²) >= 11 is 0. The summed E-state index contributed by atoms with van der Waals surface area (Å²) in [6.07, 6.45) is 2.32. The van der Waals surface area contributed by atoms with Crippen LogP contribution in [-0.2, 0) is 6.54 Å². The molecule has 136 valence electrons. The molecule has 0 unspecified atom stereocenters. The van der Waals surface area contributed by atoms with Crippen molar-refractivity contribution in [3.8, 4) is 17.2 Å². The zero-order chi connectivity index (χ0) is 17.9. The van der Waals surface area contributed by atoms with Gasteiger partial charge in [-0.1, -0.05) is 26.7 Å². The number of hydrogen-bond acceptors (Lipinski definition) is 4. The van der Waals surface area contributed by atoms with Crippen LogP contribution in [-0.4, -0.2) is 40.9 Å². The standard InChI is InChI=1S/C18H31N3O3/c1-7-13(8-2)11-20-18(19-3)21-12-14-9-15(22-4)17(24-6)16(10-14)23-5/h9-10,13H,7-8,11-12H2,1-6H3,(H2,19,20,21). The molecule has 0 fully saturated rings. The maximum Gasteiger partial charge on any atom is 0.203 e. The number of nitrogens with one attached hydrogen (secondary N) is 2. The van der Waals surface area contributed by atoms with Gasteiger partial charge in [-0.25, -0.2) is 0 Å². The van der Waals surface area contributed by atoms with E-state index in [0.717, 1.165) is 30.9 Å². The van der Waals surface area contributed by atoms with Crippen molar-refractivity contribution in [2.45, 2.75) is 33.2 Å². The van der Waals surface area contributed by atoms with Crippen molar-refractivity contribution in [1.82, 2.24) is 10.6 Å². The average molecular weight is 337 g/mol. The van der Waals surface area contributed by atoms with Crippen molar-refractivity contribution in [3.05, 3.63) is 17.7 Å². The summed E-state index contributed by atoms with van der Waals surface area (Å²) in [7, 11) is 6.61. The molecule has 6 nitrogen and oxygen atoms in total. The molecular weight excluding hydrogens is 306 g/mol. The normalized spacial score (nSPS) is 11.4. The van der Waals surface area contributed by atoms with Crippen LogP contribution in [0.2, 0.25) is 0 Å². The molecule has 0 amide bonds. The third kappa shape index (κ3) is 5.51. The Morgan fingerprint density at radius 2 is 1.58 bits per heavy atom. The molecule has 0 saturated heterocycles. The van der Waals surface area contributed by atoms with E-state index in [9.17, 15) is 0 Å².